The summed E-state index contributed by atoms with van der Waals surface area (Å²) in [7, 11) is 6.19. The van der Waals surface area contributed by atoms with Crippen molar-refractivity contribution in [3.8, 4) is 0 Å². The summed E-state index contributed by atoms with van der Waals surface area (Å²) in [5, 5.41) is 0.682. The van der Waals surface area contributed by atoms with Gasteiger partial charge < -0.3 is 18.9 Å². The largest absolute Gasteiger partial charge is 0.351 e. The second-order valence-electron chi connectivity index (χ2n) is 7.23. The molecule has 6 nitrogen and oxygen atoms in total. The summed E-state index contributed by atoms with van der Waals surface area (Å²) < 4.78 is 20.0. The van der Waals surface area contributed by atoms with Crippen molar-refractivity contribution in [1.29, 1.82) is 0 Å². The lowest BCUT2D eigenvalue weighted by Crippen LogP contribution is -2.25. The molecule has 0 saturated heterocycles. The second-order valence-corrected chi connectivity index (χ2v) is 7.63. The van der Waals surface area contributed by atoms with Crippen LogP contribution in [-0.2, 0) is 30.2 Å². The van der Waals surface area contributed by atoms with Gasteiger partial charge in [0.05, 0.1) is 11.8 Å². The molecule has 2 rings (SSSR count). The number of carbonyl (C=O) groups is 1. The quantitative estimate of drug-likeness (QED) is 0.383. The monoisotopic (exact) mass is 441 g/mol. The molecule has 0 radical (unpaired) electrons. The molecule has 0 heterocycles. The summed E-state index contributed by atoms with van der Waals surface area (Å²) in [5.74, 6) is -0.0788. The van der Waals surface area contributed by atoms with Crippen LogP contribution in [0, 0.1) is 0 Å². The lowest BCUT2D eigenvalue weighted by molar-refractivity contribution is -0.156. The standard InChI is InChI=1S/C12H15ClO3.C11H21NO2/c1-15-12(16-2)11(14)8-7-9-5-3-4-6-10(9)13;1-9(11(13-2)14-3)12-10-7-5-4-6-8-10/h3-6,12H,7-8H2,1-2H3;10-11H,4-8H2,1-3H3. The normalized spacial score (nSPS) is 15.3. The number of carbonyl (C=O) groups excluding carboxylic acids is 1. The van der Waals surface area contributed by atoms with Gasteiger partial charge in [-0.25, -0.2) is 0 Å². The maximum atomic E-state index is 11.6. The van der Waals surface area contributed by atoms with Gasteiger partial charge in [-0.3, -0.25) is 9.79 Å². The van der Waals surface area contributed by atoms with Crippen molar-refractivity contribution >= 4 is 23.1 Å². The van der Waals surface area contributed by atoms with Crippen LogP contribution in [0.25, 0.3) is 0 Å². The minimum absolute atomic E-state index is 0.0788. The van der Waals surface area contributed by atoms with E-state index in [-0.39, 0.29) is 12.1 Å². The maximum absolute atomic E-state index is 11.6. The minimum Gasteiger partial charge on any atom is -0.351 e. The van der Waals surface area contributed by atoms with Crippen molar-refractivity contribution in [2.24, 2.45) is 4.99 Å². The van der Waals surface area contributed by atoms with Crippen molar-refractivity contribution in [2.45, 2.75) is 70.5 Å². The number of aryl methyl sites for hydroxylation is 1. The minimum atomic E-state index is -0.775. The smallest absolute Gasteiger partial charge is 0.217 e. The molecule has 0 atom stereocenters. The molecule has 0 N–H and O–H groups in total. The number of halogens is 1. The summed E-state index contributed by atoms with van der Waals surface area (Å²) in [6.07, 6.45) is 6.34. The fourth-order valence-electron chi connectivity index (χ4n) is 3.43. The fraction of sp³-hybridized carbons (Fsp3) is 0.652. The van der Waals surface area contributed by atoms with Crippen LogP contribution in [0.15, 0.2) is 29.3 Å². The lowest BCUT2D eigenvalue weighted by Gasteiger charge is -2.20. The Labute approximate surface area is 185 Å². The van der Waals surface area contributed by atoms with Gasteiger partial charge in [-0.2, -0.15) is 0 Å². The third-order valence-electron chi connectivity index (χ3n) is 5.02. The Kier molecular flexibility index (Phi) is 13.8. The Morgan fingerprint density at radius 3 is 2.10 bits per heavy atom. The number of hydrogen-bond donors (Lipinski definition) is 0. The number of hydrogen-bond acceptors (Lipinski definition) is 6. The third-order valence-corrected chi connectivity index (χ3v) is 5.39. The zero-order chi connectivity index (χ0) is 22.4. The predicted octanol–water partition coefficient (Wildman–Crippen LogP) is 4.86. The lowest BCUT2D eigenvalue weighted by atomic mass is 9.96. The van der Waals surface area contributed by atoms with E-state index in [0.717, 1.165) is 11.3 Å². The molecule has 0 amide bonds. The SMILES string of the molecule is COC(OC)C(=O)CCc1ccccc1Cl.COC(OC)C(C)=NC1CCCCC1. The van der Waals surface area contributed by atoms with E-state index < -0.39 is 6.29 Å². The molecule has 1 aromatic rings. The van der Waals surface area contributed by atoms with Gasteiger partial charge in [-0.15, -0.1) is 0 Å². The third kappa shape index (κ3) is 9.67. The molecule has 0 aliphatic heterocycles. The van der Waals surface area contributed by atoms with Crippen molar-refractivity contribution < 1.29 is 23.7 Å². The van der Waals surface area contributed by atoms with Crippen LogP contribution in [-0.4, -0.2) is 58.6 Å². The Balaban J connectivity index is 0.000000303. The highest BCUT2D eigenvalue weighted by Gasteiger charge is 2.17. The molecule has 0 unspecified atom stereocenters. The summed E-state index contributed by atoms with van der Waals surface area (Å²) in [6, 6.07) is 7.98. The topological polar surface area (TPSA) is 66.4 Å². The van der Waals surface area contributed by atoms with Gasteiger partial charge in [0.25, 0.3) is 0 Å². The van der Waals surface area contributed by atoms with Crippen LogP contribution in [0.3, 0.4) is 0 Å². The van der Waals surface area contributed by atoms with Crippen LogP contribution >= 0.6 is 11.6 Å². The van der Waals surface area contributed by atoms with Gasteiger partial charge in [-0.05, 0) is 37.8 Å². The second kappa shape index (κ2) is 15.5. The van der Waals surface area contributed by atoms with E-state index in [1.165, 1.54) is 46.3 Å². The van der Waals surface area contributed by atoms with E-state index in [9.17, 15) is 4.79 Å². The van der Waals surface area contributed by atoms with Crippen LogP contribution in [0.1, 0.15) is 51.0 Å². The molecule has 170 valence electrons. The van der Waals surface area contributed by atoms with Crippen LogP contribution < -0.4 is 0 Å². The maximum Gasteiger partial charge on any atom is 0.217 e. The molecule has 30 heavy (non-hydrogen) atoms. The van der Waals surface area contributed by atoms with E-state index >= 15 is 0 Å². The van der Waals surface area contributed by atoms with E-state index in [4.69, 9.17) is 30.5 Å². The number of benzene rings is 1. The highest BCUT2D eigenvalue weighted by atomic mass is 35.5. The number of methoxy groups -OCH3 is 4. The van der Waals surface area contributed by atoms with E-state index in [0.29, 0.717) is 23.9 Å². The first-order valence-electron chi connectivity index (χ1n) is 10.4. The van der Waals surface area contributed by atoms with E-state index in [2.05, 4.69) is 4.99 Å². The van der Waals surface area contributed by atoms with E-state index in [1.54, 1.807) is 14.2 Å². The van der Waals surface area contributed by atoms with E-state index in [1.807, 2.05) is 31.2 Å². The Bertz CT molecular complexity index is 638. The first kappa shape index (κ1) is 26.7. The average Bonchev–Trinajstić information content (AvgIpc) is 2.76. The first-order valence-corrected chi connectivity index (χ1v) is 10.8. The zero-order valence-corrected chi connectivity index (χ0v) is 19.6. The van der Waals surface area contributed by atoms with Gasteiger partial charge in [0.1, 0.15) is 0 Å². The molecule has 7 heteroatoms. The van der Waals surface area contributed by atoms with Crippen molar-refractivity contribution in [3.05, 3.63) is 34.9 Å². The summed E-state index contributed by atoms with van der Waals surface area (Å²) in [4.78, 5) is 16.2. The van der Waals surface area contributed by atoms with Crippen molar-refractivity contribution in [3.63, 3.8) is 0 Å². The van der Waals surface area contributed by atoms with Crippen molar-refractivity contribution in [2.75, 3.05) is 28.4 Å². The molecular formula is C23H36ClNO5. The number of aliphatic imine (C=N–C) groups is 1. The summed E-state index contributed by atoms with van der Waals surface area (Å²) in [5.41, 5.74) is 1.92. The first-order chi connectivity index (χ1) is 14.5. The van der Waals surface area contributed by atoms with Crippen LogP contribution in [0.5, 0.6) is 0 Å². The highest BCUT2D eigenvalue weighted by Crippen LogP contribution is 2.21. The number of Topliss-reactive ketones (excluding diaryl/α,β-unsaturated/α-hetero) is 1. The molecule has 1 aliphatic carbocycles. The molecule has 1 aromatic carbocycles. The predicted molar refractivity (Wildman–Crippen MR) is 120 cm³/mol. The van der Waals surface area contributed by atoms with Crippen LogP contribution in [0.4, 0.5) is 0 Å². The van der Waals surface area contributed by atoms with Gasteiger partial charge in [0, 0.05) is 39.9 Å². The molecule has 0 aromatic heterocycles. The molecule has 1 saturated carbocycles. The number of nitrogens with zero attached hydrogens (tertiary/aromatic N) is 1. The Morgan fingerprint density at radius 1 is 1.00 bits per heavy atom. The van der Waals surface area contributed by atoms with Gasteiger partial charge >= 0.3 is 0 Å². The summed E-state index contributed by atoms with van der Waals surface area (Å²) in [6.45, 7) is 1.98. The molecular weight excluding hydrogens is 406 g/mol. The van der Waals surface area contributed by atoms with Crippen LogP contribution in [0.2, 0.25) is 5.02 Å². The Hall–Kier alpha value is -1.31. The molecule has 1 aliphatic rings. The van der Waals surface area contributed by atoms with Gasteiger partial charge in [0.15, 0.2) is 12.1 Å². The molecule has 1 fully saturated rings. The number of ketones is 1. The fourth-order valence-corrected chi connectivity index (χ4v) is 3.66. The highest BCUT2D eigenvalue weighted by molar-refractivity contribution is 6.31. The van der Waals surface area contributed by atoms with Crippen molar-refractivity contribution in [1.82, 2.24) is 0 Å². The number of rotatable bonds is 10. The number of ether oxygens (including phenoxy) is 4. The zero-order valence-electron chi connectivity index (χ0n) is 18.9. The molecule has 0 bridgehead atoms. The summed E-state index contributed by atoms with van der Waals surface area (Å²) >= 11 is 5.98. The van der Waals surface area contributed by atoms with Gasteiger partial charge in [0.2, 0.25) is 6.29 Å². The molecule has 0 spiro atoms. The Morgan fingerprint density at radius 2 is 1.57 bits per heavy atom. The van der Waals surface area contributed by atoms with Gasteiger partial charge in [-0.1, -0.05) is 49.1 Å². The average molecular weight is 442 g/mol.